The zero-order chi connectivity index (χ0) is 14.6. The zero-order valence-electron chi connectivity index (χ0n) is 11.8. The molecule has 2 rings (SSSR count). The maximum Gasteiger partial charge on any atom is 0.312 e. The molecule has 0 saturated heterocycles. The van der Waals surface area contributed by atoms with Crippen LogP contribution in [-0.4, -0.2) is 27.9 Å². The quantitative estimate of drug-likeness (QED) is 0.850. The van der Waals surface area contributed by atoms with Gasteiger partial charge in [0.05, 0.1) is 5.41 Å². The van der Waals surface area contributed by atoms with Crippen LogP contribution in [0.3, 0.4) is 0 Å². The SMILES string of the molecule is C[C@H](OC(=O)C1(C)CCCC1)C(=O)Nc1ncccn1. The number of aromatic nitrogens is 2. The lowest BCUT2D eigenvalue weighted by Gasteiger charge is -2.23. The summed E-state index contributed by atoms with van der Waals surface area (Å²) in [5.74, 6) is -0.523. The average molecular weight is 277 g/mol. The van der Waals surface area contributed by atoms with Crippen molar-refractivity contribution in [1.82, 2.24) is 9.97 Å². The van der Waals surface area contributed by atoms with E-state index in [0.29, 0.717) is 0 Å². The maximum atomic E-state index is 12.1. The molecule has 1 aliphatic rings. The Kier molecular flexibility index (Phi) is 4.32. The Morgan fingerprint density at radius 3 is 2.50 bits per heavy atom. The second-order valence-electron chi connectivity index (χ2n) is 5.38. The summed E-state index contributed by atoms with van der Waals surface area (Å²) in [6, 6.07) is 1.65. The van der Waals surface area contributed by atoms with E-state index in [1.165, 1.54) is 12.4 Å². The molecule has 1 aromatic rings. The molecule has 1 fully saturated rings. The second kappa shape index (κ2) is 5.98. The third-order valence-corrected chi connectivity index (χ3v) is 3.65. The lowest BCUT2D eigenvalue weighted by molar-refractivity contribution is -0.162. The Morgan fingerprint density at radius 1 is 1.30 bits per heavy atom. The van der Waals surface area contributed by atoms with Crippen LogP contribution in [0.5, 0.6) is 0 Å². The lowest BCUT2D eigenvalue weighted by atomic mass is 9.89. The summed E-state index contributed by atoms with van der Waals surface area (Å²) in [5.41, 5.74) is -0.447. The molecule has 20 heavy (non-hydrogen) atoms. The summed E-state index contributed by atoms with van der Waals surface area (Å²) >= 11 is 0. The van der Waals surface area contributed by atoms with Crippen LogP contribution in [0.15, 0.2) is 18.5 Å². The second-order valence-corrected chi connectivity index (χ2v) is 5.38. The number of nitrogens with zero attached hydrogens (tertiary/aromatic N) is 2. The van der Waals surface area contributed by atoms with Gasteiger partial charge >= 0.3 is 5.97 Å². The molecule has 1 aliphatic carbocycles. The van der Waals surface area contributed by atoms with Crippen molar-refractivity contribution in [2.75, 3.05) is 5.32 Å². The summed E-state index contributed by atoms with van der Waals surface area (Å²) in [4.78, 5) is 31.8. The number of carbonyl (C=O) groups excluding carboxylic acids is 2. The topological polar surface area (TPSA) is 81.2 Å². The molecule has 6 nitrogen and oxygen atoms in total. The smallest absolute Gasteiger partial charge is 0.312 e. The number of nitrogens with one attached hydrogen (secondary N) is 1. The largest absolute Gasteiger partial charge is 0.452 e. The molecule has 0 bridgehead atoms. The highest BCUT2D eigenvalue weighted by atomic mass is 16.5. The van der Waals surface area contributed by atoms with Gasteiger partial charge in [0, 0.05) is 12.4 Å². The molecule has 0 aliphatic heterocycles. The summed E-state index contributed by atoms with van der Waals surface area (Å²) in [5, 5.41) is 2.51. The van der Waals surface area contributed by atoms with Crippen LogP contribution in [0.2, 0.25) is 0 Å². The first-order valence-electron chi connectivity index (χ1n) is 6.80. The fourth-order valence-electron chi connectivity index (χ4n) is 2.29. The molecule has 0 spiro atoms. The predicted octanol–water partition coefficient (Wildman–Crippen LogP) is 1.93. The molecule has 1 aromatic heterocycles. The third kappa shape index (κ3) is 3.31. The van der Waals surface area contributed by atoms with Gasteiger partial charge in [0.25, 0.3) is 5.91 Å². The average Bonchev–Trinajstić information content (AvgIpc) is 2.88. The fourth-order valence-corrected chi connectivity index (χ4v) is 2.29. The number of hydrogen-bond donors (Lipinski definition) is 1. The summed E-state index contributed by atoms with van der Waals surface area (Å²) in [6.45, 7) is 3.45. The molecule has 0 aromatic carbocycles. The van der Waals surface area contributed by atoms with E-state index in [4.69, 9.17) is 4.74 Å². The molecule has 108 valence electrons. The molecule has 0 radical (unpaired) electrons. The van der Waals surface area contributed by atoms with Gasteiger partial charge in [-0.2, -0.15) is 0 Å². The van der Waals surface area contributed by atoms with Crippen LogP contribution in [0.1, 0.15) is 39.5 Å². The van der Waals surface area contributed by atoms with E-state index in [1.54, 1.807) is 13.0 Å². The number of hydrogen-bond acceptors (Lipinski definition) is 5. The van der Waals surface area contributed by atoms with Crippen LogP contribution < -0.4 is 5.32 Å². The minimum atomic E-state index is -0.858. The highest BCUT2D eigenvalue weighted by Crippen LogP contribution is 2.38. The molecule has 6 heteroatoms. The minimum absolute atomic E-state index is 0.201. The Hall–Kier alpha value is -1.98. The van der Waals surface area contributed by atoms with E-state index in [0.717, 1.165) is 25.7 Å². The van der Waals surface area contributed by atoms with Crippen molar-refractivity contribution in [3.63, 3.8) is 0 Å². The Balaban J connectivity index is 1.89. The van der Waals surface area contributed by atoms with E-state index in [-0.39, 0.29) is 11.9 Å². The molecule has 1 N–H and O–H groups in total. The van der Waals surface area contributed by atoms with Gasteiger partial charge in [0.1, 0.15) is 0 Å². The van der Waals surface area contributed by atoms with Crippen LogP contribution in [0.4, 0.5) is 5.95 Å². The molecular formula is C14H19N3O3. The predicted molar refractivity (Wildman–Crippen MR) is 72.8 cm³/mol. The zero-order valence-corrected chi connectivity index (χ0v) is 11.8. The molecule has 1 amide bonds. The van der Waals surface area contributed by atoms with Gasteiger partial charge < -0.3 is 4.74 Å². The molecular weight excluding hydrogens is 258 g/mol. The molecule has 1 heterocycles. The lowest BCUT2D eigenvalue weighted by Crippen LogP contribution is -2.35. The first-order valence-corrected chi connectivity index (χ1v) is 6.80. The van der Waals surface area contributed by atoms with Gasteiger partial charge in [0.15, 0.2) is 6.10 Å². The Bertz CT molecular complexity index is 484. The Morgan fingerprint density at radius 2 is 1.90 bits per heavy atom. The summed E-state index contributed by atoms with van der Waals surface area (Å²) in [7, 11) is 0. The van der Waals surface area contributed by atoms with Crippen LogP contribution in [0, 0.1) is 5.41 Å². The summed E-state index contributed by atoms with van der Waals surface area (Å²) < 4.78 is 5.26. The van der Waals surface area contributed by atoms with E-state index >= 15 is 0 Å². The van der Waals surface area contributed by atoms with Crippen molar-refractivity contribution in [1.29, 1.82) is 0 Å². The molecule has 1 atom stereocenters. The normalized spacial score (nSPS) is 18.3. The van der Waals surface area contributed by atoms with Crippen molar-refractivity contribution < 1.29 is 14.3 Å². The van der Waals surface area contributed by atoms with E-state index in [9.17, 15) is 9.59 Å². The van der Waals surface area contributed by atoms with Gasteiger partial charge in [-0.1, -0.05) is 12.8 Å². The number of amides is 1. The van der Waals surface area contributed by atoms with Crippen LogP contribution in [0.25, 0.3) is 0 Å². The van der Waals surface area contributed by atoms with Gasteiger partial charge in [0.2, 0.25) is 5.95 Å². The van der Waals surface area contributed by atoms with Crippen LogP contribution >= 0.6 is 0 Å². The number of carbonyl (C=O) groups is 2. The van der Waals surface area contributed by atoms with Gasteiger partial charge in [-0.05, 0) is 32.8 Å². The number of anilines is 1. The van der Waals surface area contributed by atoms with Gasteiger partial charge in [-0.15, -0.1) is 0 Å². The maximum absolute atomic E-state index is 12.1. The number of rotatable bonds is 4. The molecule has 0 unspecified atom stereocenters. The standard InChI is InChI=1S/C14H19N3O3/c1-10(11(18)17-13-15-8-5-9-16-13)20-12(19)14(2)6-3-4-7-14/h5,8-10H,3-4,6-7H2,1-2H3,(H,15,16,17,18)/t10-/m0/s1. The summed E-state index contributed by atoms with van der Waals surface area (Å²) in [6.07, 6.45) is 5.90. The van der Waals surface area contributed by atoms with Gasteiger partial charge in [-0.25, -0.2) is 9.97 Å². The molecule has 1 saturated carbocycles. The van der Waals surface area contributed by atoms with Crippen molar-refractivity contribution in [2.24, 2.45) is 5.41 Å². The van der Waals surface area contributed by atoms with Crippen molar-refractivity contribution in [3.05, 3.63) is 18.5 Å². The number of esters is 1. The number of ether oxygens (including phenoxy) is 1. The third-order valence-electron chi connectivity index (χ3n) is 3.65. The fraction of sp³-hybridized carbons (Fsp3) is 0.571. The van der Waals surface area contributed by atoms with Crippen molar-refractivity contribution in [3.8, 4) is 0 Å². The minimum Gasteiger partial charge on any atom is -0.452 e. The van der Waals surface area contributed by atoms with Crippen molar-refractivity contribution >= 4 is 17.8 Å². The van der Waals surface area contributed by atoms with E-state index in [1.807, 2.05) is 6.92 Å². The first kappa shape index (κ1) is 14.4. The monoisotopic (exact) mass is 277 g/mol. The van der Waals surface area contributed by atoms with Crippen molar-refractivity contribution in [2.45, 2.75) is 45.6 Å². The Labute approximate surface area is 118 Å². The van der Waals surface area contributed by atoms with E-state index < -0.39 is 17.4 Å². The van der Waals surface area contributed by atoms with Gasteiger partial charge in [-0.3, -0.25) is 14.9 Å². The highest BCUT2D eigenvalue weighted by Gasteiger charge is 2.39. The van der Waals surface area contributed by atoms with E-state index in [2.05, 4.69) is 15.3 Å². The highest BCUT2D eigenvalue weighted by molar-refractivity contribution is 5.94. The van der Waals surface area contributed by atoms with Crippen LogP contribution in [-0.2, 0) is 14.3 Å². The first-order chi connectivity index (χ1) is 9.51.